The van der Waals surface area contributed by atoms with Crippen LogP contribution in [0.2, 0.25) is 0 Å². The smallest absolute Gasteiger partial charge is 0.269 e. The van der Waals surface area contributed by atoms with Crippen LogP contribution >= 0.6 is 0 Å². The summed E-state index contributed by atoms with van der Waals surface area (Å²) in [6, 6.07) is 13.8. The second kappa shape index (κ2) is 10.9. The number of nitrogens with zero attached hydrogens (tertiary/aromatic N) is 1. The lowest BCUT2D eigenvalue weighted by Crippen LogP contribution is -1.96. The molecule has 0 spiro atoms. The number of rotatable bonds is 11. The van der Waals surface area contributed by atoms with Crippen molar-refractivity contribution in [1.82, 2.24) is 0 Å². The predicted octanol–water partition coefficient (Wildman–Crippen LogP) is 5.73. The molecule has 0 aliphatic carbocycles. The highest BCUT2D eigenvalue weighted by Crippen LogP contribution is 2.18. The average Bonchev–Trinajstić information content (AvgIpc) is 2.69. The van der Waals surface area contributed by atoms with Crippen molar-refractivity contribution in [3.8, 4) is 5.75 Å². The first kappa shape index (κ1) is 20.4. The van der Waals surface area contributed by atoms with Gasteiger partial charge in [0.25, 0.3) is 5.69 Å². The molecule has 5 heteroatoms. The second-order valence-corrected chi connectivity index (χ2v) is 6.40. The molecule has 0 saturated heterocycles. The molecule has 2 aromatic rings. The second-order valence-electron chi connectivity index (χ2n) is 6.40. The summed E-state index contributed by atoms with van der Waals surface area (Å²) < 4.78 is 5.74. The zero-order chi connectivity index (χ0) is 19.5. The quantitative estimate of drug-likeness (QED) is 0.220. The number of unbranched alkanes of at least 4 members (excludes halogenated alkanes) is 3. The maximum Gasteiger partial charge on any atom is 0.269 e. The molecule has 0 aliphatic heterocycles. The van der Waals surface area contributed by atoms with E-state index in [4.69, 9.17) is 4.74 Å². The molecule has 2 rings (SSSR count). The highest BCUT2D eigenvalue weighted by atomic mass is 16.6. The van der Waals surface area contributed by atoms with E-state index < -0.39 is 4.92 Å². The standard InChI is InChI=1S/C22H25NO4/c1-2-3-4-5-8-21(24)15-12-18-7-6-9-22(16-18)27-17-19-10-13-20(14-11-19)23(25)26/h6-7,9-16H,2-5,8,17H2,1H3/b15-12-. The van der Waals surface area contributed by atoms with Crippen LogP contribution in [0.25, 0.3) is 6.08 Å². The number of hydrogen-bond acceptors (Lipinski definition) is 4. The van der Waals surface area contributed by atoms with Crippen LogP contribution in [-0.2, 0) is 11.4 Å². The van der Waals surface area contributed by atoms with Gasteiger partial charge in [-0.1, -0.05) is 44.4 Å². The topological polar surface area (TPSA) is 69.4 Å². The first-order chi connectivity index (χ1) is 13.1. The number of benzene rings is 2. The monoisotopic (exact) mass is 367 g/mol. The molecular formula is C22H25NO4. The van der Waals surface area contributed by atoms with E-state index in [1.165, 1.54) is 18.6 Å². The van der Waals surface area contributed by atoms with Crippen molar-refractivity contribution >= 4 is 17.5 Å². The van der Waals surface area contributed by atoms with Crippen molar-refractivity contribution in [2.45, 2.75) is 45.6 Å². The van der Waals surface area contributed by atoms with Crippen LogP contribution in [0.4, 0.5) is 5.69 Å². The summed E-state index contributed by atoms with van der Waals surface area (Å²) in [5.41, 5.74) is 1.81. The molecule has 0 N–H and O–H groups in total. The third-order valence-electron chi connectivity index (χ3n) is 4.15. The van der Waals surface area contributed by atoms with E-state index in [1.807, 2.05) is 24.3 Å². The Kier molecular flexibility index (Phi) is 8.23. The summed E-state index contributed by atoms with van der Waals surface area (Å²) in [6.07, 6.45) is 8.40. The van der Waals surface area contributed by atoms with Crippen LogP contribution in [0, 0.1) is 10.1 Å². The molecule has 0 amide bonds. The molecule has 0 fully saturated rings. The number of nitro groups is 1. The van der Waals surface area contributed by atoms with Crippen molar-refractivity contribution in [3.05, 3.63) is 75.8 Å². The fourth-order valence-corrected chi connectivity index (χ4v) is 2.59. The van der Waals surface area contributed by atoms with Gasteiger partial charge in [0.15, 0.2) is 5.78 Å². The number of carbonyl (C=O) groups is 1. The van der Waals surface area contributed by atoms with Crippen molar-refractivity contribution < 1.29 is 14.5 Å². The molecule has 27 heavy (non-hydrogen) atoms. The van der Waals surface area contributed by atoms with Gasteiger partial charge in [0.1, 0.15) is 12.4 Å². The number of nitro benzene ring substituents is 1. The van der Waals surface area contributed by atoms with E-state index in [1.54, 1.807) is 24.3 Å². The Balaban J connectivity index is 1.86. The molecule has 0 aromatic heterocycles. The Morgan fingerprint density at radius 3 is 2.59 bits per heavy atom. The lowest BCUT2D eigenvalue weighted by Gasteiger charge is -2.07. The summed E-state index contributed by atoms with van der Waals surface area (Å²) in [7, 11) is 0. The minimum atomic E-state index is -0.425. The molecule has 0 aliphatic rings. The average molecular weight is 367 g/mol. The Hall–Kier alpha value is -2.95. The van der Waals surface area contributed by atoms with Gasteiger partial charge in [-0.2, -0.15) is 0 Å². The van der Waals surface area contributed by atoms with E-state index in [0.717, 1.165) is 30.4 Å². The number of non-ortho nitro benzene ring substituents is 1. The summed E-state index contributed by atoms with van der Waals surface area (Å²) >= 11 is 0. The van der Waals surface area contributed by atoms with Gasteiger partial charge in [0.05, 0.1) is 4.92 Å². The molecule has 0 atom stereocenters. The maximum atomic E-state index is 11.9. The fourth-order valence-electron chi connectivity index (χ4n) is 2.59. The first-order valence-corrected chi connectivity index (χ1v) is 9.25. The summed E-state index contributed by atoms with van der Waals surface area (Å²) in [6.45, 7) is 2.47. The van der Waals surface area contributed by atoms with Gasteiger partial charge in [-0.05, 0) is 47.9 Å². The third kappa shape index (κ3) is 7.44. The summed E-state index contributed by atoms with van der Waals surface area (Å²) in [5, 5.41) is 10.7. The largest absolute Gasteiger partial charge is 0.489 e. The number of hydrogen-bond donors (Lipinski definition) is 0. The van der Waals surface area contributed by atoms with Gasteiger partial charge in [0, 0.05) is 18.6 Å². The lowest BCUT2D eigenvalue weighted by molar-refractivity contribution is -0.384. The van der Waals surface area contributed by atoms with Crippen LogP contribution in [0.1, 0.15) is 50.2 Å². The third-order valence-corrected chi connectivity index (χ3v) is 4.15. The van der Waals surface area contributed by atoms with E-state index in [9.17, 15) is 14.9 Å². The predicted molar refractivity (Wildman–Crippen MR) is 107 cm³/mol. The van der Waals surface area contributed by atoms with E-state index in [-0.39, 0.29) is 11.5 Å². The van der Waals surface area contributed by atoms with Crippen LogP contribution in [0.5, 0.6) is 5.75 Å². The molecule has 0 radical (unpaired) electrons. The Morgan fingerprint density at radius 2 is 1.89 bits per heavy atom. The Bertz CT molecular complexity index is 781. The minimum Gasteiger partial charge on any atom is -0.489 e. The van der Waals surface area contributed by atoms with Gasteiger partial charge in [-0.25, -0.2) is 0 Å². The van der Waals surface area contributed by atoms with Gasteiger partial charge < -0.3 is 4.74 Å². The van der Waals surface area contributed by atoms with Gasteiger partial charge in [0.2, 0.25) is 0 Å². The van der Waals surface area contributed by atoms with E-state index in [0.29, 0.717) is 18.8 Å². The Labute approximate surface area is 159 Å². The molecule has 5 nitrogen and oxygen atoms in total. The van der Waals surface area contributed by atoms with Crippen molar-refractivity contribution in [1.29, 1.82) is 0 Å². The highest BCUT2D eigenvalue weighted by molar-refractivity contribution is 5.93. The maximum absolute atomic E-state index is 11.9. The number of carbonyl (C=O) groups excluding carboxylic acids is 1. The highest BCUT2D eigenvalue weighted by Gasteiger charge is 2.04. The fraction of sp³-hybridized carbons (Fsp3) is 0.318. The van der Waals surface area contributed by atoms with Crippen molar-refractivity contribution in [2.75, 3.05) is 0 Å². The van der Waals surface area contributed by atoms with Crippen molar-refractivity contribution in [2.24, 2.45) is 0 Å². The molecule has 0 heterocycles. The molecule has 0 bridgehead atoms. The number of ketones is 1. The van der Waals surface area contributed by atoms with Crippen LogP contribution in [0.3, 0.4) is 0 Å². The molecule has 0 unspecified atom stereocenters. The summed E-state index contributed by atoms with van der Waals surface area (Å²) in [5.74, 6) is 0.828. The molecule has 142 valence electrons. The van der Waals surface area contributed by atoms with Gasteiger partial charge in [-0.3, -0.25) is 14.9 Å². The molecule has 2 aromatic carbocycles. The first-order valence-electron chi connectivity index (χ1n) is 9.25. The van der Waals surface area contributed by atoms with Crippen LogP contribution in [0.15, 0.2) is 54.6 Å². The molecule has 0 saturated carbocycles. The summed E-state index contributed by atoms with van der Waals surface area (Å²) in [4.78, 5) is 22.1. The Morgan fingerprint density at radius 1 is 1.11 bits per heavy atom. The molecular weight excluding hydrogens is 342 g/mol. The number of allylic oxidation sites excluding steroid dienone is 1. The zero-order valence-corrected chi connectivity index (χ0v) is 15.6. The van der Waals surface area contributed by atoms with Crippen LogP contribution < -0.4 is 4.74 Å². The zero-order valence-electron chi connectivity index (χ0n) is 15.6. The van der Waals surface area contributed by atoms with Crippen molar-refractivity contribution in [3.63, 3.8) is 0 Å². The van der Waals surface area contributed by atoms with Gasteiger partial charge >= 0.3 is 0 Å². The van der Waals surface area contributed by atoms with E-state index in [2.05, 4.69) is 6.92 Å². The minimum absolute atomic E-state index is 0.0604. The number of ether oxygens (including phenoxy) is 1. The lowest BCUT2D eigenvalue weighted by atomic mass is 10.1. The SMILES string of the molecule is CCCCCCC(=O)/C=C\c1cccc(OCc2ccc([N+](=O)[O-])cc2)c1. The van der Waals surface area contributed by atoms with E-state index >= 15 is 0 Å². The normalized spacial score (nSPS) is 10.9. The van der Waals surface area contributed by atoms with Crippen LogP contribution in [-0.4, -0.2) is 10.7 Å². The van der Waals surface area contributed by atoms with Gasteiger partial charge in [-0.15, -0.1) is 0 Å².